The Labute approximate surface area is 190 Å². The van der Waals surface area contributed by atoms with Crippen LogP contribution in [-0.2, 0) is 0 Å². The Morgan fingerprint density at radius 2 is 1.56 bits per heavy atom. The number of nitro groups is 1. The third-order valence-electron chi connectivity index (χ3n) is 4.71. The lowest BCUT2D eigenvalue weighted by Crippen LogP contribution is -2.25. The number of amides is 3. The summed E-state index contributed by atoms with van der Waals surface area (Å²) in [6, 6.07) is 1.91. The topological polar surface area (TPSA) is 240 Å². The number of H-pyrrole nitrogens is 3. The van der Waals surface area contributed by atoms with Crippen LogP contribution >= 0.6 is 0 Å². The van der Waals surface area contributed by atoms with Gasteiger partial charge in [0, 0.05) is 17.7 Å². The number of aromatic nitrogens is 6. The molecular formula is C18H19N11O5. The molecule has 34 heavy (non-hydrogen) atoms. The molecule has 16 nitrogen and oxygen atoms in total. The van der Waals surface area contributed by atoms with Gasteiger partial charge in [-0.1, -0.05) is 0 Å². The zero-order valence-electron chi connectivity index (χ0n) is 18.2. The van der Waals surface area contributed by atoms with Gasteiger partial charge in [-0.3, -0.25) is 24.6 Å². The summed E-state index contributed by atoms with van der Waals surface area (Å²) < 4.78 is 0. The highest BCUT2D eigenvalue weighted by molar-refractivity contribution is 6.07. The average Bonchev–Trinajstić information content (AvgIpc) is 3.46. The molecule has 6 N–H and O–H groups in total. The van der Waals surface area contributed by atoms with E-state index in [1.807, 2.05) is 6.07 Å². The van der Waals surface area contributed by atoms with E-state index in [4.69, 9.17) is 5.26 Å². The van der Waals surface area contributed by atoms with E-state index >= 15 is 0 Å². The second kappa shape index (κ2) is 9.60. The van der Waals surface area contributed by atoms with Gasteiger partial charge in [-0.25, -0.2) is 0 Å². The number of aryl methyl sites for hydroxylation is 1. The largest absolute Gasteiger partial charge is 0.385 e. The van der Waals surface area contributed by atoms with Crippen LogP contribution in [0.4, 0.5) is 17.5 Å². The van der Waals surface area contributed by atoms with Crippen LogP contribution in [0, 0.1) is 42.2 Å². The van der Waals surface area contributed by atoms with Crippen molar-refractivity contribution in [3.8, 4) is 6.07 Å². The zero-order chi connectivity index (χ0) is 25.0. The molecule has 0 bridgehead atoms. The van der Waals surface area contributed by atoms with Crippen molar-refractivity contribution in [3.63, 3.8) is 0 Å². The molecule has 3 aromatic rings. The highest BCUT2D eigenvalue weighted by atomic mass is 16.6. The third-order valence-corrected chi connectivity index (χ3v) is 4.71. The Hall–Kier alpha value is -5.07. The lowest BCUT2D eigenvalue weighted by Gasteiger charge is -2.04. The normalized spacial score (nSPS) is 10.4. The first-order chi connectivity index (χ1) is 16.1. The Bertz CT molecular complexity index is 1330. The highest BCUT2D eigenvalue weighted by Gasteiger charge is 2.26. The minimum absolute atomic E-state index is 0.0133. The second-order valence-corrected chi connectivity index (χ2v) is 7.01. The highest BCUT2D eigenvalue weighted by Crippen LogP contribution is 2.20. The molecule has 0 aliphatic rings. The van der Waals surface area contributed by atoms with Crippen LogP contribution in [0.15, 0.2) is 0 Å². The summed E-state index contributed by atoms with van der Waals surface area (Å²) in [6.45, 7) is 4.68. The molecule has 0 atom stereocenters. The number of carbonyl (C=O) groups is 3. The predicted octanol–water partition coefficient (Wildman–Crippen LogP) is 0.837. The molecule has 3 heterocycles. The van der Waals surface area contributed by atoms with Crippen molar-refractivity contribution in [2.45, 2.75) is 27.2 Å². The third kappa shape index (κ3) is 4.72. The van der Waals surface area contributed by atoms with E-state index in [1.54, 1.807) is 6.92 Å². The number of carbonyl (C=O) groups excluding carboxylic acids is 3. The van der Waals surface area contributed by atoms with Gasteiger partial charge in [-0.2, -0.15) is 15.5 Å². The summed E-state index contributed by atoms with van der Waals surface area (Å²) in [4.78, 5) is 53.6. The first-order valence-corrected chi connectivity index (χ1v) is 9.72. The van der Waals surface area contributed by atoms with Crippen molar-refractivity contribution in [1.82, 2.24) is 35.7 Å². The van der Waals surface area contributed by atoms with Gasteiger partial charge < -0.3 is 31.0 Å². The number of anilines is 2. The van der Waals surface area contributed by atoms with Gasteiger partial charge in [-0.05, 0) is 30.7 Å². The van der Waals surface area contributed by atoms with E-state index in [9.17, 15) is 24.5 Å². The smallest absolute Gasteiger partial charge is 0.358 e. The van der Waals surface area contributed by atoms with Crippen molar-refractivity contribution in [2.75, 3.05) is 17.2 Å². The lowest BCUT2D eigenvalue weighted by molar-refractivity contribution is -0.389. The standard InChI is InChI=1S/C18H19N11O5/c1-7-10(16(30)20-6-4-5-19)25-27-12(7)23-17(31)11-8(2)13(28-26-11)24-18(32)14-21-9(3)15(22-14)29(33)34/h4,6H2,1-3H3,(H,20,30)(H,21,22)(H2,23,25,27,31)(H2,24,26,28,32). The van der Waals surface area contributed by atoms with E-state index in [-0.39, 0.29) is 53.1 Å². The van der Waals surface area contributed by atoms with Crippen LogP contribution in [0.3, 0.4) is 0 Å². The fourth-order valence-corrected chi connectivity index (χ4v) is 2.87. The van der Waals surface area contributed by atoms with E-state index in [1.165, 1.54) is 13.8 Å². The second-order valence-electron chi connectivity index (χ2n) is 7.01. The van der Waals surface area contributed by atoms with E-state index in [2.05, 4.69) is 46.3 Å². The summed E-state index contributed by atoms with van der Waals surface area (Å²) in [5, 5.41) is 39.8. The zero-order valence-corrected chi connectivity index (χ0v) is 18.2. The van der Waals surface area contributed by atoms with Gasteiger partial charge >= 0.3 is 17.5 Å². The number of nitrogens with zero attached hydrogens (tertiary/aromatic N) is 5. The van der Waals surface area contributed by atoms with Gasteiger partial charge in [0.05, 0.1) is 12.5 Å². The Kier molecular flexibility index (Phi) is 6.66. The minimum Gasteiger partial charge on any atom is -0.358 e. The molecule has 0 saturated heterocycles. The maximum atomic E-state index is 12.7. The van der Waals surface area contributed by atoms with Crippen molar-refractivity contribution >= 4 is 35.2 Å². The van der Waals surface area contributed by atoms with Crippen LogP contribution in [-0.4, -0.2) is 59.6 Å². The molecule has 3 aromatic heterocycles. The van der Waals surface area contributed by atoms with Gasteiger partial charge in [0.2, 0.25) is 0 Å². The molecule has 0 spiro atoms. The number of aromatic amines is 3. The van der Waals surface area contributed by atoms with Crippen LogP contribution in [0.25, 0.3) is 0 Å². The van der Waals surface area contributed by atoms with E-state index in [0.29, 0.717) is 5.56 Å². The first kappa shape index (κ1) is 23.6. The molecule has 0 radical (unpaired) electrons. The SMILES string of the molecule is Cc1[nH]c(C(=O)Nc2n[nH]c(C(=O)Nc3n[nH]c(C(=O)NCCC#N)c3C)c2C)nc1[N+](=O)[O-]. The molecular weight excluding hydrogens is 450 g/mol. The average molecular weight is 469 g/mol. The predicted molar refractivity (Wildman–Crippen MR) is 115 cm³/mol. The van der Waals surface area contributed by atoms with Gasteiger partial charge in [0.1, 0.15) is 17.1 Å². The number of nitrogens with one attached hydrogen (secondary N) is 6. The van der Waals surface area contributed by atoms with Gasteiger partial charge in [0.15, 0.2) is 11.6 Å². The minimum atomic E-state index is -0.784. The summed E-state index contributed by atoms with van der Waals surface area (Å²) >= 11 is 0. The number of hydrogen-bond acceptors (Lipinski definition) is 9. The molecule has 0 saturated carbocycles. The fourth-order valence-electron chi connectivity index (χ4n) is 2.87. The Balaban J connectivity index is 1.70. The number of imidazole rings is 1. The Morgan fingerprint density at radius 1 is 1.00 bits per heavy atom. The van der Waals surface area contributed by atoms with E-state index < -0.39 is 28.5 Å². The monoisotopic (exact) mass is 469 g/mol. The summed E-state index contributed by atoms with van der Waals surface area (Å²) in [5.74, 6) is -2.54. The molecule has 3 rings (SSSR count). The molecule has 16 heteroatoms. The molecule has 3 amide bonds. The molecule has 0 aromatic carbocycles. The van der Waals surface area contributed by atoms with Crippen molar-refractivity contribution in [1.29, 1.82) is 5.26 Å². The fraction of sp³-hybridized carbons (Fsp3) is 0.278. The summed E-state index contributed by atoms with van der Waals surface area (Å²) in [6.07, 6.45) is 0.150. The van der Waals surface area contributed by atoms with E-state index in [0.717, 1.165) is 0 Å². The van der Waals surface area contributed by atoms with Crippen LogP contribution in [0.1, 0.15) is 54.8 Å². The van der Waals surface area contributed by atoms with Crippen molar-refractivity contribution in [2.24, 2.45) is 0 Å². The lowest BCUT2D eigenvalue weighted by atomic mass is 10.2. The van der Waals surface area contributed by atoms with Crippen LogP contribution in [0.5, 0.6) is 0 Å². The number of hydrogen-bond donors (Lipinski definition) is 6. The van der Waals surface area contributed by atoms with Crippen molar-refractivity contribution < 1.29 is 19.3 Å². The molecule has 176 valence electrons. The number of nitriles is 1. The number of rotatable bonds is 8. The van der Waals surface area contributed by atoms with Gasteiger partial charge in [-0.15, -0.1) is 0 Å². The molecule has 0 aliphatic carbocycles. The van der Waals surface area contributed by atoms with Crippen LogP contribution < -0.4 is 16.0 Å². The molecule has 0 unspecified atom stereocenters. The maximum absolute atomic E-state index is 12.7. The quantitative estimate of drug-likeness (QED) is 0.155. The summed E-state index contributed by atoms with van der Waals surface area (Å²) in [7, 11) is 0. The molecule has 0 fully saturated rings. The van der Waals surface area contributed by atoms with Crippen molar-refractivity contribution in [3.05, 3.63) is 44.1 Å². The maximum Gasteiger partial charge on any atom is 0.385 e. The Morgan fingerprint density at radius 3 is 2.09 bits per heavy atom. The van der Waals surface area contributed by atoms with Crippen LogP contribution in [0.2, 0.25) is 0 Å². The molecule has 0 aliphatic heterocycles. The van der Waals surface area contributed by atoms with Gasteiger partial charge in [0.25, 0.3) is 11.8 Å². The summed E-state index contributed by atoms with van der Waals surface area (Å²) in [5.41, 5.74) is 0.917. The first-order valence-electron chi connectivity index (χ1n) is 9.72.